The van der Waals surface area contributed by atoms with Crippen LogP contribution in [0.4, 0.5) is 19.0 Å². The van der Waals surface area contributed by atoms with Crippen molar-refractivity contribution in [3.8, 4) is 11.3 Å². The number of hydrogen-bond donors (Lipinski definition) is 1. The molecule has 4 aromatic heterocycles. The molecule has 1 amide bonds. The van der Waals surface area contributed by atoms with Crippen molar-refractivity contribution in [2.45, 2.75) is 26.4 Å². The van der Waals surface area contributed by atoms with E-state index in [1.54, 1.807) is 26.2 Å². The number of aromatic nitrogens is 7. The first kappa shape index (κ1) is 25.7. The number of nitrogens with zero attached hydrogens (tertiary/aromatic N) is 7. The van der Waals surface area contributed by atoms with Crippen LogP contribution in [0.25, 0.3) is 22.3 Å². The highest BCUT2D eigenvalue weighted by Crippen LogP contribution is 2.33. The number of amides is 1. The van der Waals surface area contributed by atoms with Crippen LogP contribution in [0.15, 0.2) is 42.9 Å². The Morgan fingerprint density at radius 1 is 1.16 bits per heavy atom. The van der Waals surface area contributed by atoms with E-state index >= 15 is 0 Å². The Labute approximate surface area is 223 Å². The van der Waals surface area contributed by atoms with Crippen LogP contribution in [0.3, 0.4) is 0 Å². The highest BCUT2D eigenvalue weighted by atomic mass is 35.5. The summed E-state index contributed by atoms with van der Waals surface area (Å²) in [5.74, 6) is -1.04. The number of halogens is 5. The Kier molecular flexibility index (Phi) is 6.84. The zero-order valence-corrected chi connectivity index (χ0v) is 21.5. The van der Waals surface area contributed by atoms with Crippen LogP contribution in [-0.4, -0.2) is 40.2 Å². The molecule has 0 bridgehead atoms. The molecule has 0 unspecified atom stereocenters. The number of rotatable bonds is 7. The van der Waals surface area contributed by atoms with Gasteiger partial charge in [0.1, 0.15) is 17.4 Å². The molecule has 0 aliphatic rings. The van der Waals surface area contributed by atoms with E-state index in [4.69, 9.17) is 23.2 Å². The van der Waals surface area contributed by atoms with Gasteiger partial charge in [-0.15, -0.1) is 0 Å². The summed E-state index contributed by atoms with van der Waals surface area (Å²) in [6.07, 6.45) is 1.80. The molecule has 38 heavy (non-hydrogen) atoms. The first-order valence-corrected chi connectivity index (χ1v) is 12.0. The fraction of sp³-hybridized carbons (Fsp3) is 0.208. The van der Waals surface area contributed by atoms with Gasteiger partial charge >= 0.3 is 0 Å². The van der Waals surface area contributed by atoms with E-state index in [-0.39, 0.29) is 56.8 Å². The van der Waals surface area contributed by atoms with Crippen LogP contribution in [0.2, 0.25) is 10.0 Å². The van der Waals surface area contributed by atoms with E-state index in [2.05, 4.69) is 25.6 Å². The fourth-order valence-corrected chi connectivity index (χ4v) is 4.51. The van der Waals surface area contributed by atoms with E-state index < -0.39 is 18.1 Å². The van der Waals surface area contributed by atoms with Crippen molar-refractivity contribution in [1.29, 1.82) is 0 Å². The molecule has 0 aliphatic heterocycles. The number of nitrogens with one attached hydrogen (secondary N) is 1. The molecule has 0 spiro atoms. The normalized spacial score (nSPS) is 11.6. The Bertz CT molecular complexity index is 1660. The fourth-order valence-electron chi connectivity index (χ4n) is 4.09. The number of aryl methyl sites for hydroxylation is 2. The molecule has 1 aromatic carbocycles. The molecule has 0 saturated heterocycles. The summed E-state index contributed by atoms with van der Waals surface area (Å²) < 4.78 is 46.2. The molecule has 14 heteroatoms. The number of benzene rings is 1. The molecule has 0 atom stereocenters. The summed E-state index contributed by atoms with van der Waals surface area (Å²) in [5, 5.41) is 15.6. The standard InChI is InChI=1S/C24H19Cl2F3N8O/c1-12-21-14(22(28)29)6-19(13-7-30-35(2)8-13)31-24(21)37(33-12)11-20(38)32-23-17(26)10-36(34-23)9-15-16(25)4-3-5-18(15)27/h3-8,10,22H,9,11H2,1-2H3,(H,32,34,38). The van der Waals surface area contributed by atoms with E-state index in [9.17, 15) is 18.0 Å². The van der Waals surface area contributed by atoms with E-state index in [1.165, 1.54) is 44.6 Å². The number of anilines is 1. The second-order valence-electron chi connectivity index (χ2n) is 8.51. The molecule has 1 N–H and O–H groups in total. The molecule has 5 rings (SSSR count). The van der Waals surface area contributed by atoms with Gasteiger partial charge in [-0.3, -0.25) is 14.2 Å². The second-order valence-corrected chi connectivity index (χ2v) is 9.33. The molecule has 5 aromatic rings. The third-order valence-corrected chi connectivity index (χ3v) is 6.42. The highest BCUT2D eigenvalue weighted by Gasteiger charge is 2.23. The van der Waals surface area contributed by atoms with Gasteiger partial charge in [-0.25, -0.2) is 22.8 Å². The summed E-state index contributed by atoms with van der Waals surface area (Å²) >= 11 is 12.3. The van der Waals surface area contributed by atoms with Crippen LogP contribution >= 0.6 is 23.2 Å². The van der Waals surface area contributed by atoms with Crippen molar-refractivity contribution in [2.75, 3.05) is 5.32 Å². The number of hydrogen-bond acceptors (Lipinski definition) is 5. The predicted octanol–water partition coefficient (Wildman–Crippen LogP) is 5.41. The van der Waals surface area contributed by atoms with Crippen LogP contribution in [0.1, 0.15) is 23.2 Å². The van der Waals surface area contributed by atoms with Gasteiger partial charge in [-0.2, -0.15) is 15.3 Å². The summed E-state index contributed by atoms with van der Waals surface area (Å²) in [6.45, 7) is 1.21. The third-order valence-electron chi connectivity index (χ3n) is 5.79. The quantitative estimate of drug-likeness (QED) is 0.286. The smallest absolute Gasteiger partial charge is 0.264 e. The average Bonchev–Trinajstić information content (AvgIpc) is 3.53. The zero-order chi connectivity index (χ0) is 27.1. The van der Waals surface area contributed by atoms with Gasteiger partial charge in [0.05, 0.1) is 29.5 Å². The van der Waals surface area contributed by atoms with Crippen molar-refractivity contribution < 1.29 is 18.0 Å². The predicted molar refractivity (Wildman–Crippen MR) is 136 cm³/mol. The highest BCUT2D eigenvalue weighted by molar-refractivity contribution is 6.33. The first-order chi connectivity index (χ1) is 18.1. The maximum absolute atomic E-state index is 14.1. The molecule has 0 aliphatic carbocycles. The number of carbonyl (C=O) groups is 1. The third kappa shape index (κ3) is 4.96. The molecule has 0 fully saturated rings. The van der Waals surface area contributed by atoms with Gasteiger partial charge in [-0.1, -0.05) is 29.3 Å². The topological polar surface area (TPSA) is 95.5 Å². The monoisotopic (exact) mass is 562 g/mol. The van der Waals surface area contributed by atoms with Crippen molar-refractivity contribution in [3.05, 3.63) is 75.5 Å². The molecule has 196 valence electrons. The van der Waals surface area contributed by atoms with E-state index in [0.29, 0.717) is 11.3 Å². The Morgan fingerprint density at radius 2 is 1.95 bits per heavy atom. The molecular formula is C24H19Cl2F3N8O. The molecule has 9 nitrogen and oxygen atoms in total. The van der Waals surface area contributed by atoms with Gasteiger partial charge in [0, 0.05) is 41.2 Å². The summed E-state index contributed by atoms with van der Waals surface area (Å²) in [5.41, 5.74) is 1.22. The minimum atomic E-state index is -2.79. The van der Waals surface area contributed by atoms with Crippen LogP contribution < -0.4 is 5.32 Å². The lowest BCUT2D eigenvalue weighted by molar-refractivity contribution is -0.116. The van der Waals surface area contributed by atoms with Gasteiger partial charge in [0.2, 0.25) is 5.91 Å². The van der Waals surface area contributed by atoms with Crippen molar-refractivity contribution in [2.24, 2.45) is 7.05 Å². The lowest BCUT2D eigenvalue weighted by Crippen LogP contribution is -2.20. The van der Waals surface area contributed by atoms with Crippen LogP contribution in [-0.2, 0) is 24.9 Å². The number of fused-ring (bicyclic) bond motifs is 1. The summed E-state index contributed by atoms with van der Waals surface area (Å²) in [7, 11) is 1.70. The second kappa shape index (κ2) is 10.1. The number of carbonyl (C=O) groups excluding carboxylic acids is 1. The van der Waals surface area contributed by atoms with Crippen molar-refractivity contribution in [1.82, 2.24) is 34.3 Å². The Balaban J connectivity index is 1.42. The lowest BCUT2D eigenvalue weighted by Gasteiger charge is -2.08. The minimum Gasteiger partial charge on any atom is -0.306 e. The lowest BCUT2D eigenvalue weighted by atomic mass is 10.1. The maximum atomic E-state index is 14.1. The number of alkyl halides is 2. The van der Waals surface area contributed by atoms with Crippen molar-refractivity contribution >= 4 is 46.0 Å². The van der Waals surface area contributed by atoms with Gasteiger partial charge < -0.3 is 5.32 Å². The molecule has 4 heterocycles. The van der Waals surface area contributed by atoms with Gasteiger partial charge in [-0.05, 0) is 25.1 Å². The van der Waals surface area contributed by atoms with Gasteiger partial charge in [0.15, 0.2) is 11.5 Å². The average molecular weight is 563 g/mol. The van der Waals surface area contributed by atoms with Crippen molar-refractivity contribution in [3.63, 3.8) is 0 Å². The number of pyridine rings is 1. The van der Waals surface area contributed by atoms with Crippen LogP contribution in [0.5, 0.6) is 0 Å². The molecule has 0 radical (unpaired) electrons. The summed E-state index contributed by atoms with van der Waals surface area (Å²) in [4.78, 5) is 17.4. The zero-order valence-electron chi connectivity index (χ0n) is 20.0. The SMILES string of the molecule is Cc1nn(CC(=O)Nc2nn(Cc3c(F)cccc3Cl)cc2Cl)c2nc(-c3cnn(C)c3)cc(C(F)F)c12. The summed E-state index contributed by atoms with van der Waals surface area (Å²) in [6, 6.07) is 5.62. The van der Waals surface area contributed by atoms with E-state index in [0.717, 1.165) is 0 Å². The first-order valence-electron chi connectivity index (χ1n) is 11.2. The van der Waals surface area contributed by atoms with E-state index in [1.807, 2.05) is 0 Å². The van der Waals surface area contributed by atoms with Gasteiger partial charge in [0.25, 0.3) is 6.43 Å². The molecular weight excluding hydrogens is 544 g/mol. The van der Waals surface area contributed by atoms with Crippen LogP contribution in [0, 0.1) is 12.7 Å². The molecule has 0 saturated carbocycles. The largest absolute Gasteiger partial charge is 0.306 e. The minimum absolute atomic E-state index is 0.0124. The maximum Gasteiger partial charge on any atom is 0.264 e. The Morgan fingerprint density at radius 3 is 2.63 bits per heavy atom. The Hall–Kier alpha value is -3.90.